The summed E-state index contributed by atoms with van der Waals surface area (Å²) in [5.41, 5.74) is 4.90. The number of piperazine rings is 1. The minimum Gasteiger partial charge on any atom is -0.481 e. The number of benzene rings is 1. The molecule has 7 rings (SSSR count). The Balaban J connectivity index is 1.15. The van der Waals surface area contributed by atoms with Gasteiger partial charge in [-0.2, -0.15) is 0 Å². The van der Waals surface area contributed by atoms with E-state index in [-0.39, 0.29) is 23.7 Å². The molecular weight excluding hydrogens is 500 g/mol. The maximum atomic E-state index is 13.5. The van der Waals surface area contributed by atoms with Crippen LogP contribution >= 0.6 is 11.6 Å². The summed E-state index contributed by atoms with van der Waals surface area (Å²) < 4.78 is 7.34. The van der Waals surface area contributed by atoms with Crippen molar-refractivity contribution in [1.29, 1.82) is 0 Å². The lowest BCUT2D eigenvalue weighted by Crippen LogP contribution is -2.55. The lowest BCUT2D eigenvalue weighted by molar-refractivity contribution is 0.0396. The number of methoxy groups -OCH3 is 1. The molecule has 0 N–H and O–H groups in total. The number of aromatic nitrogens is 4. The highest BCUT2D eigenvalue weighted by molar-refractivity contribution is 6.33. The van der Waals surface area contributed by atoms with Crippen molar-refractivity contribution in [1.82, 2.24) is 29.2 Å². The summed E-state index contributed by atoms with van der Waals surface area (Å²) in [6, 6.07) is 14.4. The molecule has 38 heavy (non-hydrogen) atoms. The van der Waals surface area contributed by atoms with Gasteiger partial charge in [-0.15, -0.1) is 0 Å². The monoisotopic (exact) mass is 528 g/mol. The van der Waals surface area contributed by atoms with Crippen LogP contribution in [0.2, 0.25) is 5.02 Å². The second-order valence-corrected chi connectivity index (χ2v) is 11.0. The van der Waals surface area contributed by atoms with Crippen molar-refractivity contribution in [3.8, 4) is 17.1 Å². The highest BCUT2D eigenvalue weighted by Crippen LogP contribution is 2.41. The first-order valence-electron chi connectivity index (χ1n) is 13.3. The van der Waals surface area contributed by atoms with Gasteiger partial charge in [0.1, 0.15) is 0 Å². The lowest BCUT2D eigenvalue weighted by atomic mass is 10.0. The predicted octanol–water partition coefficient (Wildman–Crippen LogP) is 4.82. The van der Waals surface area contributed by atoms with Gasteiger partial charge in [-0.05, 0) is 49.3 Å². The molecule has 2 atom stereocenters. The number of halogens is 1. The van der Waals surface area contributed by atoms with Gasteiger partial charge in [-0.3, -0.25) is 14.1 Å². The third-order valence-electron chi connectivity index (χ3n) is 8.13. The van der Waals surface area contributed by atoms with Gasteiger partial charge in [0.05, 0.1) is 23.5 Å². The summed E-state index contributed by atoms with van der Waals surface area (Å²) in [5.74, 6) is 1.71. The molecule has 1 saturated carbocycles. The van der Waals surface area contributed by atoms with Crippen LogP contribution in [0.4, 0.5) is 0 Å². The van der Waals surface area contributed by atoms with Crippen molar-refractivity contribution in [2.45, 2.75) is 50.2 Å². The van der Waals surface area contributed by atoms with E-state index in [1.54, 1.807) is 25.4 Å². The van der Waals surface area contributed by atoms with Crippen LogP contribution in [0.1, 0.15) is 53.3 Å². The fraction of sp³-hybridized carbons (Fsp3) is 0.379. The molecule has 3 fully saturated rings. The Morgan fingerprint density at radius 2 is 1.79 bits per heavy atom. The first-order valence-corrected chi connectivity index (χ1v) is 13.6. The molecule has 4 aromatic rings. The van der Waals surface area contributed by atoms with Crippen LogP contribution in [0.25, 0.3) is 17.0 Å². The third kappa shape index (κ3) is 4.12. The Kier molecular flexibility index (Phi) is 5.82. The summed E-state index contributed by atoms with van der Waals surface area (Å²) in [6.07, 6.45) is 8.35. The van der Waals surface area contributed by atoms with Crippen LogP contribution in [-0.2, 0) is 6.54 Å². The molecule has 1 amide bonds. The number of rotatable bonds is 6. The number of pyridine rings is 1. The number of fused-ring (bicyclic) bond motifs is 3. The topological polar surface area (TPSA) is 75.9 Å². The summed E-state index contributed by atoms with van der Waals surface area (Å²) in [5, 5.41) is 0.355. The van der Waals surface area contributed by atoms with E-state index in [1.165, 1.54) is 18.4 Å². The normalized spacial score (nSPS) is 21.3. The number of hydrogen-bond donors (Lipinski definition) is 0. The van der Waals surface area contributed by atoms with Crippen LogP contribution in [0, 0.1) is 0 Å². The fourth-order valence-corrected chi connectivity index (χ4v) is 6.31. The Morgan fingerprint density at radius 1 is 1.03 bits per heavy atom. The van der Waals surface area contributed by atoms with Crippen LogP contribution in [0.15, 0.2) is 54.9 Å². The highest BCUT2D eigenvalue weighted by atomic mass is 35.5. The van der Waals surface area contributed by atoms with Crippen molar-refractivity contribution in [3.63, 3.8) is 0 Å². The van der Waals surface area contributed by atoms with E-state index in [0.717, 1.165) is 55.3 Å². The molecule has 2 aliphatic heterocycles. The Bertz CT molecular complexity index is 1500. The van der Waals surface area contributed by atoms with Crippen molar-refractivity contribution in [2.24, 2.45) is 0 Å². The SMILES string of the molecule is COc1ccc(Cl)c(C(=O)N2C3CCC2CN(Cc2c(-c4ccc(C5CC5)cc4)nc4ncccn24)C3)n1. The van der Waals surface area contributed by atoms with E-state index in [4.69, 9.17) is 21.3 Å². The third-order valence-corrected chi connectivity index (χ3v) is 8.44. The van der Waals surface area contributed by atoms with Crippen LogP contribution < -0.4 is 4.74 Å². The van der Waals surface area contributed by atoms with Gasteiger partial charge in [0.2, 0.25) is 11.7 Å². The van der Waals surface area contributed by atoms with Gasteiger partial charge >= 0.3 is 0 Å². The zero-order valence-electron chi connectivity index (χ0n) is 21.3. The molecule has 9 heteroatoms. The average Bonchev–Trinajstić information content (AvgIpc) is 3.68. The lowest BCUT2D eigenvalue weighted by Gasteiger charge is -2.41. The van der Waals surface area contributed by atoms with Crippen LogP contribution in [0.5, 0.6) is 5.88 Å². The number of carbonyl (C=O) groups is 1. The number of carbonyl (C=O) groups excluding carboxylic acids is 1. The minimum atomic E-state index is -0.114. The first-order chi connectivity index (χ1) is 18.6. The smallest absolute Gasteiger partial charge is 0.274 e. The number of ether oxygens (including phenoxy) is 1. The van der Waals surface area contributed by atoms with Gasteiger partial charge in [-0.1, -0.05) is 35.9 Å². The summed E-state index contributed by atoms with van der Waals surface area (Å²) >= 11 is 6.38. The van der Waals surface area contributed by atoms with Gasteiger partial charge in [0.15, 0.2) is 5.69 Å². The maximum absolute atomic E-state index is 13.5. The largest absolute Gasteiger partial charge is 0.481 e. The summed E-state index contributed by atoms with van der Waals surface area (Å²) in [6.45, 7) is 2.31. The number of likely N-dealkylation sites (tertiary alicyclic amines) is 1. The maximum Gasteiger partial charge on any atom is 0.274 e. The van der Waals surface area contributed by atoms with E-state index >= 15 is 0 Å². The van der Waals surface area contributed by atoms with Gasteiger partial charge in [0, 0.05) is 55.7 Å². The zero-order chi connectivity index (χ0) is 25.8. The molecule has 0 radical (unpaired) electrons. The van der Waals surface area contributed by atoms with Crippen molar-refractivity contribution in [3.05, 3.63) is 76.8 Å². The second kappa shape index (κ2) is 9.36. The quantitative estimate of drug-likeness (QED) is 0.357. The number of nitrogens with zero attached hydrogens (tertiary/aromatic N) is 6. The Hall–Kier alpha value is -3.49. The molecule has 0 spiro atoms. The van der Waals surface area contributed by atoms with Gasteiger partial charge < -0.3 is 9.64 Å². The van der Waals surface area contributed by atoms with E-state index < -0.39 is 0 Å². The van der Waals surface area contributed by atoms with E-state index in [9.17, 15) is 4.79 Å². The number of amides is 1. The zero-order valence-corrected chi connectivity index (χ0v) is 22.0. The fourth-order valence-electron chi connectivity index (χ4n) is 6.12. The van der Waals surface area contributed by atoms with Crippen molar-refractivity contribution in [2.75, 3.05) is 20.2 Å². The molecule has 3 aliphatic rings. The molecule has 2 saturated heterocycles. The second-order valence-electron chi connectivity index (χ2n) is 10.6. The molecule has 194 valence electrons. The number of hydrogen-bond acceptors (Lipinski definition) is 6. The minimum absolute atomic E-state index is 0.114. The number of imidazole rings is 1. The van der Waals surface area contributed by atoms with E-state index in [2.05, 4.69) is 43.5 Å². The molecular formula is C29H29ClN6O2. The van der Waals surface area contributed by atoms with Crippen LogP contribution in [-0.4, -0.2) is 67.3 Å². The summed E-state index contributed by atoms with van der Waals surface area (Å²) in [4.78, 5) is 31.8. The Morgan fingerprint density at radius 3 is 2.50 bits per heavy atom. The van der Waals surface area contributed by atoms with E-state index in [0.29, 0.717) is 16.7 Å². The molecule has 3 aromatic heterocycles. The van der Waals surface area contributed by atoms with Gasteiger partial charge in [0.25, 0.3) is 5.91 Å². The average molecular weight is 529 g/mol. The highest BCUT2D eigenvalue weighted by Gasteiger charge is 2.44. The molecule has 2 unspecified atom stereocenters. The van der Waals surface area contributed by atoms with Gasteiger partial charge in [-0.25, -0.2) is 15.0 Å². The molecule has 8 nitrogen and oxygen atoms in total. The molecule has 2 bridgehead atoms. The summed E-state index contributed by atoms with van der Waals surface area (Å²) in [7, 11) is 1.54. The first kappa shape index (κ1) is 23.6. The molecule has 1 aliphatic carbocycles. The standard InChI is InChI=1S/C29H29ClN6O2/c1-38-25-12-11-23(30)27(32-25)28(37)36-21-9-10-22(36)16-34(15-21)17-24-26(33-29-31-13-2-14-35(24)29)20-7-5-19(6-8-20)18-3-4-18/h2,5-8,11-14,18,21-22H,3-4,9-10,15-17H2,1H3. The van der Waals surface area contributed by atoms with E-state index in [1.807, 2.05) is 17.2 Å². The van der Waals surface area contributed by atoms with Crippen molar-refractivity contribution < 1.29 is 9.53 Å². The predicted molar refractivity (Wildman–Crippen MR) is 144 cm³/mol. The molecule has 5 heterocycles. The molecule has 1 aromatic carbocycles. The van der Waals surface area contributed by atoms with Crippen molar-refractivity contribution >= 4 is 23.3 Å². The van der Waals surface area contributed by atoms with Crippen LogP contribution in [0.3, 0.4) is 0 Å². The Labute approximate surface area is 226 Å².